The lowest BCUT2D eigenvalue weighted by molar-refractivity contribution is -0.168. The van der Waals surface area contributed by atoms with Crippen LogP contribution >= 0.6 is 0 Å². The van der Waals surface area contributed by atoms with Gasteiger partial charge in [-0.3, -0.25) is 0 Å². The summed E-state index contributed by atoms with van der Waals surface area (Å²) in [4.78, 5) is -0.155. The van der Waals surface area contributed by atoms with Crippen LogP contribution in [0.1, 0.15) is 38.2 Å². The predicted octanol–water partition coefficient (Wildman–Crippen LogP) is 2.79. The molecule has 146 valence electrons. The number of alkyl halides is 3. The van der Waals surface area contributed by atoms with E-state index in [1.807, 2.05) is 0 Å². The summed E-state index contributed by atoms with van der Waals surface area (Å²) in [6.45, 7) is 2.60. The largest absolute Gasteiger partial charge is 0.416 e. The van der Waals surface area contributed by atoms with Gasteiger partial charge in [0.25, 0.3) is 0 Å². The normalized spacial score (nSPS) is 27.6. The molecule has 1 atom stereocenters. The standard InChI is InChI=1S/C17H22F3NO4S/c1-15(22)8-11-25-16(12-15)6-9-21(10-7-16)26(23,24)14-4-2-13(3-5-14)17(18,19)20/h2-5,22H,6-12H2,1H3. The summed E-state index contributed by atoms with van der Waals surface area (Å²) in [6, 6.07) is 3.54. The third kappa shape index (κ3) is 3.90. The lowest BCUT2D eigenvalue weighted by Gasteiger charge is -2.47. The van der Waals surface area contributed by atoms with Gasteiger partial charge in [-0.05, 0) is 50.5 Å². The molecule has 1 aromatic rings. The Morgan fingerprint density at radius 3 is 2.19 bits per heavy atom. The summed E-state index contributed by atoms with van der Waals surface area (Å²) in [6.07, 6.45) is -2.61. The van der Waals surface area contributed by atoms with E-state index in [-0.39, 0.29) is 18.0 Å². The molecule has 9 heteroatoms. The summed E-state index contributed by atoms with van der Waals surface area (Å²) in [5.41, 5.74) is -2.24. The smallest absolute Gasteiger partial charge is 0.390 e. The second-order valence-electron chi connectivity index (χ2n) is 7.38. The highest BCUT2D eigenvalue weighted by Crippen LogP contribution is 2.40. The Hall–Kier alpha value is -1.16. The minimum absolute atomic E-state index is 0.155. The molecule has 1 unspecified atom stereocenters. The number of nitrogens with zero attached hydrogens (tertiary/aromatic N) is 1. The van der Waals surface area contributed by atoms with Crippen LogP contribution < -0.4 is 0 Å². The van der Waals surface area contributed by atoms with Crippen LogP contribution in [-0.4, -0.2) is 48.7 Å². The van der Waals surface area contributed by atoms with Gasteiger partial charge in [-0.1, -0.05) is 0 Å². The highest BCUT2D eigenvalue weighted by Gasteiger charge is 2.46. The van der Waals surface area contributed by atoms with Crippen LogP contribution in [0, 0.1) is 0 Å². The van der Waals surface area contributed by atoms with E-state index in [0.29, 0.717) is 32.3 Å². The van der Waals surface area contributed by atoms with Crippen LogP contribution in [0.5, 0.6) is 0 Å². The van der Waals surface area contributed by atoms with Crippen LogP contribution in [-0.2, 0) is 20.9 Å². The third-order valence-corrected chi connectivity index (χ3v) is 7.12. The molecule has 0 bridgehead atoms. The Balaban J connectivity index is 1.72. The van der Waals surface area contributed by atoms with Gasteiger partial charge in [-0.25, -0.2) is 8.42 Å². The average molecular weight is 393 g/mol. The molecule has 1 N–H and O–H groups in total. The molecule has 2 fully saturated rings. The minimum Gasteiger partial charge on any atom is -0.390 e. The van der Waals surface area contributed by atoms with Gasteiger partial charge in [0.1, 0.15) is 0 Å². The van der Waals surface area contributed by atoms with Crippen molar-refractivity contribution in [2.24, 2.45) is 0 Å². The first-order valence-corrected chi connectivity index (χ1v) is 9.92. The number of benzene rings is 1. The molecule has 2 saturated heterocycles. The second kappa shape index (κ2) is 6.47. The van der Waals surface area contributed by atoms with Crippen molar-refractivity contribution in [3.8, 4) is 0 Å². The third-order valence-electron chi connectivity index (χ3n) is 5.20. The Kier molecular flexibility index (Phi) is 4.88. The molecular formula is C17H22F3NO4S. The van der Waals surface area contributed by atoms with Crippen LogP contribution in [0.25, 0.3) is 0 Å². The SMILES string of the molecule is CC1(O)CCOC2(CCN(S(=O)(=O)c3ccc(C(F)(F)F)cc3)CC2)C1. The van der Waals surface area contributed by atoms with Gasteiger partial charge >= 0.3 is 6.18 Å². The van der Waals surface area contributed by atoms with E-state index in [0.717, 1.165) is 24.3 Å². The van der Waals surface area contributed by atoms with Crippen molar-refractivity contribution in [3.05, 3.63) is 29.8 Å². The van der Waals surface area contributed by atoms with E-state index >= 15 is 0 Å². The summed E-state index contributed by atoms with van der Waals surface area (Å²) in [7, 11) is -3.86. The van der Waals surface area contributed by atoms with Gasteiger partial charge in [-0.2, -0.15) is 17.5 Å². The van der Waals surface area contributed by atoms with Crippen molar-refractivity contribution in [1.29, 1.82) is 0 Å². The lowest BCUT2D eigenvalue weighted by atomic mass is 9.78. The van der Waals surface area contributed by atoms with Gasteiger partial charge in [0.2, 0.25) is 10.0 Å². The Bertz CT molecular complexity index is 751. The predicted molar refractivity (Wildman–Crippen MR) is 88.0 cm³/mol. The fraction of sp³-hybridized carbons (Fsp3) is 0.647. The quantitative estimate of drug-likeness (QED) is 0.839. The number of ether oxygens (including phenoxy) is 1. The number of piperidine rings is 1. The fourth-order valence-electron chi connectivity index (χ4n) is 3.74. The maximum Gasteiger partial charge on any atom is 0.416 e. The van der Waals surface area contributed by atoms with Crippen LogP contribution in [0.3, 0.4) is 0 Å². The van der Waals surface area contributed by atoms with Crippen molar-refractivity contribution in [1.82, 2.24) is 4.31 Å². The Morgan fingerprint density at radius 2 is 1.69 bits per heavy atom. The number of hydrogen-bond acceptors (Lipinski definition) is 4. The molecule has 3 rings (SSSR count). The van der Waals surface area contributed by atoms with E-state index < -0.39 is 33.0 Å². The molecule has 5 nitrogen and oxygen atoms in total. The van der Waals surface area contributed by atoms with Crippen molar-refractivity contribution in [3.63, 3.8) is 0 Å². The molecule has 26 heavy (non-hydrogen) atoms. The van der Waals surface area contributed by atoms with Crippen molar-refractivity contribution < 1.29 is 31.4 Å². The number of hydrogen-bond donors (Lipinski definition) is 1. The zero-order valence-corrected chi connectivity index (χ0v) is 15.2. The Labute approximate surface area is 150 Å². The van der Waals surface area contributed by atoms with E-state index in [1.165, 1.54) is 4.31 Å². The van der Waals surface area contributed by atoms with Crippen LogP contribution in [0.2, 0.25) is 0 Å². The molecule has 1 aromatic carbocycles. The maximum atomic E-state index is 12.7. The zero-order chi connectivity index (χ0) is 19.2. The van der Waals surface area contributed by atoms with E-state index in [1.54, 1.807) is 6.92 Å². The first-order valence-electron chi connectivity index (χ1n) is 8.47. The first kappa shape index (κ1) is 19.6. The van der Waals surface area contributed by atoms with Gasteiger partial charge in [-0.15, -0.1) is 0 Å². The minimum atomic E-state index is -4.50. The van der Waals surface area contributed by atoms with Gasteiger partial charge in [0.15, 0.2) is 0 Å². The average Bonchev–Trinajstić information content (AvgIpc) is 2.53. The highest BCUT2D eigenvalue weighted by molar-refractivity contribution is 7.89. The second-order valence-corrected chi connectivity index (χ2v) is 9.32. The molecule has 2 aliphatic rings. The molecule has 0 aromatic heterocycles. The Morgan fingerprint density at radius 1 is 1.12 bits per heavy atom. The zero-order valence-electron chi connectivity index (χ0n) is 14.4. The monoisotopic (exact) mass is 393 g/mol. The maximum absolute atomic E-state index is 12.7. The van der Waals surface area contributed by atoms with Crippen LogP contribution in [0.4, 0.5) is 13.2 Å². The number of rotatable bonds is 2. The van der Waals surface area contributed by atoms with Crippen LogP contribution in [0.15, 0.2) is 29.2 Å². The molecular weight excluding hydrogens is 371 g/mol. The summed E-state index contributed by atoms with van der Waals surface area (Å²) < 4.78 is 70.5. The molecule has 2 heterocycles. The van der Waals surface area contributed by atoms with Crippen molar-refractivity contribution in [2.75, 3.05) is 19.7 Å². The van der Waals surface area contributed by atoms with Crippen molar-refractivity contribution >= 4 is 10.0 Å². The van der Waals surface area contributed by atoms with E-state index in [4.69, 9.17) is 4.74 Å². The van der Waals surface area contributed by atoms with E-state index in [2.05, 4.69) is 0 Å². The highest BCUT2D eigenvalue weighted by atomic mass is 32.2. The first-order chi connectivity index (χ1) is 11.9. The van der Waals surface area contributed by atoms with Gasteiger partial charge < -0.3 is 9.84 Å². The molecule has 0 radical (unpaired) electrons. The number of halogens is 3. The number of sulfonamides is 1. The molecule has 0 saturated carbocycles. The fourth-order valence-corrected chi connectivity index (χ4v) is 5.18. The summed E-state index contributed by atoms with van der Waals surface area (Å²) in [5, 5.41) is 10.3. The summed E-state index contributed by atoms with van der Waals surface area (Å²) in [5.74, 6) is 0. The molecule has 1 spiro atoms. The van der Waals surface area contributed by atoms with Crippen molar-refractivity contribution in [2.45, 2.75) is 54.9 Å². The topological polar surface area (TPSA) is 66.8 Å². The van der Waals surface area contributed by atoms with E-state index in [9.17, 15) is 26.7 Å². The molecule has 2 aliphatic heterocycles. The summed E-state index contributed by atoms with van der Waals surface area (Å²) >= 11 is 0. The lowest BCUT2D eigenvalue weighted by Crippen LogP contribution is -2.54. The van der Waals surface area contributed by atoms with Gasteiger partial charge in [0.05, 0.1) is 28.3 Å². The molecule has 0 aliphatic carbocycles. The number of aliphatic hydroxyl groups is 1. The molecule has 0 amide bonds. The van der Waals surface area contributed by atoms with Gasteiger partial charge in [0, 0.05) is 19.5 Å².